The molecule has 0 saturated heterocycles. The van der Waals surface area contributed by atoms with Crippen molar-refractivity contribution in [2.45, 2.75) is 11.5 Å². The van der Waals surface area contributed by atoms with Crippen LogP contribution >= 0.6 is 39.0 Å². The number of benzene rings is 1. The van der Waals surface area contributed by atoms with Crippen LogP contribution < -0.4 is 0 Å². The fourth-order valence-corrected chi connectivity index (χ4v) is 3.73. The highest BCUT2D eigenvalue weighted by atomic mass is 79.9. The normalized spacial score (nSPS) is 11.1. The first-order valence-corrected chi connectivity index (χ1v) is 7.01. The molecule has 0 bridgehead atoms. The smallest absolute Gasteiger partial charge is 0.0693 e. The van der Waals surface area contributed by atoms with Gasteiger partial charge in [-0.3, -0.25) is 0 Å². The zero-order valence-electron chi connectivity index (χ0n) is 7.58. The standard InChI is InChI=1S/C10H9BrOS2/c1-13-8-4-6(5-12)9(11)10-7(8)2-3-14-10/h2-4,12H,5H2,1H3. The number of hydrogen-bond acceptors (Lipinski definition) is 3. The second kappa shape index (κ2) is 4.23. The zero-order chi connectivity index (χ0) is 10.1. The van der Waals surface area contributed by atoms with Crippen LogP contribution in [0.1, 0.15) is 5.56 Å². The van der Waals surface area contributed by atoms with Gasteiger partial charge in [0, 0.05) is 19.5 Å². The van der Waals surface area contributed by atoms with Crippen LogP contribution in [0, 0.1) is 0 Å². The van der Waals surface area contributed by atoms with E-state index < -0.39 is 0 Å². The minimum absolute atomic E-state index is 0.0853. The van der Waals surface area contributed by atoms with Crippen molar-refractivity contribution in [2.24, 2.45) is 0 Å². The third kappa shape index (κ3) is 1.60. The molecule has 0 aliphatic rings. The van der Waals surface area contributed by atoms with E-state index in [2.05, 4.69) is 33.6 Å². The summed E-state index contributed by atoms with van der Waals surface area (Å²) in [5.41, 5.74) is 0.962. The highest BCUT2D eigenvalue weighted by Crippen LogP contribution is 2.37. The largest absolute Gasteiger partial charge is 0.392 e. The van der Waals surface area contributed by atoms with E-state index >= 15 is 0 Å². The number of aliphatic hydroxyl groups is 1. The molecule has 1 nitrogen and oxygen atoms in total. The Morgan fingerprint density at radius 2 is 2.36 bits per heavy atom. The lowest BCUT2D eigenvalue weighted by molar-refractivity contribution is 0.281. The van der Waals surface area contributed by atoms with Gasteiger partial charge in [0.1, 0.15) is 0 Å². The third-order valence-electron chi connectivity index (χ3n) is 2.11. The number of halogens is 1. The monoisotopic (exact) mass is 288 g/mol. The topological polar surface area (TPSA) is 20.2 Å². The molecule has 4 heteroatoms. The van der Waals surface area contributed by atoms with Gasteiger partial charge in [-0.15, -0.1) is 23.1 Å². The predicted octanol–water partition coefficient (Wildman–Crippen LogP) is 3.88. The summed E-state index contributed by atoms with van der Waals surface area (Å²) in [4.78, 5) is 1.23. The van der Waals surface area contributed by atoms with Gasteiger partial charge in [0.25, 0.3) is 0 Å². The molecule has 0 atom stereocenters. The van der Waals surface area contributed by atoms with Crippen LogP contribution in [0.2, 0.25) is 0 Å². The summed E-state index contributed by atoms with van der Waals surface area (Å²) in [7, 11) is 0. The maximum atomic E-state index is 9.20. The summed E-state index contributed by atoms with van der Waals surface area (Å²) in [5, 5.41) is 12.6. The van der Waals surface area contributed by atoms with Crippen LogP contribution in [0.25, 0.3) is 10.1 Å². The van der Waals surface area contributed by atoms with E-state index in [-0.39, 0.29) is 6.61 Å². The molecule has 1 aromatic carbocycles. The summed E-state index contributed by atoms with van der Waals surface area (Å²) >= 11 is 6.94. The molecule has 0 radical (unpaired) electrons. The lowest BCUT2D eigenvalue weighted by Crippen LogP contribution is -1.86. The Morgan fingerprint density at radius 1 is 1.57 bits per heavy atom. The van der Waals surface area contributed by atoms with Crippen LogP contribution in [-0.4, -0.2) is 11.4 Å². The number of aliphatic hydroxyl groups excluding tert-OH is 1. The number of hydrogen-bond donors (Lipinski definition) is 1. The van der Waals surface area contributed by atoms with Crippen LogP contribution in [0.4, 0.5) is 0 Å². The van der Waals surface area contributed by atoms with E-state index in [4.69, 9.17) is 0 Å². The van der Waals surface area contributed by atoms with Crippen LogP contribution in [0.3, 0.4) is 0 Å². The van der Waals surface area contributed by atoms with E-state index in [1.54, 1.807) is 23.1 Å². The van der Waals surface area contributed by atoms with Crippen molar-refractivity contribution in [2.75, 3.05) is 6.26 Å². The number of rotatable bonds is 2. The van der Waals surface area contributed by atoms with E-state index in [9.17, 15) is 5.11 Å². The van der Waals surface area contributed by atoms with Crippen LogP contribution in [0.15, 0.2) is 26.9 Å². The summed E-state index contributed by atoms with van der Waals surface area (Å²) in [6.07, 6.45) is 2.06. The van der Waals surface area contributed by atoms with Gasteiger partial charge in [-0.1, -0.05) is 0 Å². The Morgan fingerprint density at radius 3 is 3.00 bits per heavy atom. The molecule has 0 aliphatic carbocycles. The molecular weight excluding hydrogens is 280 g/mol. The van der Waals surface area contributed by atoms with Crippen molar-refractivity contribution in [1.29, 1.82) is 0 Å². The van der Waals surface area contributed by atoms with Crippen molar-refractivity contribution in [3.63, 3.8) is 0 Å². The number of thioether (sulfide) groups is 1. The molecule has 0 saturated carbocycles. The van der Waals surface area contributed by atoms with E-state index in [1.165, 1.54) is 15.0 Å². The molecule has 1 heterocycles. The minimum Gasteiger partial charge on any atom is -0.392 e. The molecule has 0 spiro atoms. The van der Waals surface area contributed by atoms with Gasteiger partial charge in [-0.25, -0.2) is 0 Å². The Labute approximate surface area is 99.3 Å². The lowest BCUT2D eigenvalue weighted by Gasteiger charge is -2.06. The molecule has 2 rings (SSSR count). The van der Waals surface area contributed by atoms with Gasteiger partial charge in [-0.2, -0.15) is 0 Å². The van der Waals surface area contributed by atoms with Gasteiger partial charge in [0.15, 0.2) is 0 Å². The second-order valence-electron chi connectivity index (χ2n) is 2.87. The molecule has 1 aromatic heterocycles. The zero-order valence-corrected chi connectivity index (χ0v) is 10.8. The molecule has 0 amide bonds. The number of fused-ring (bicyclic) bond motifs is 1. The molecule has 74 valence electrons. The van der Waals surface area contributed by atoms with Gasteiger partial charge in [0.2, 0.25) is 0 Å². The first-order valence-electron chi connectivity index (χ1n) is 4.11. The molecule has 2 aromatic rings. The Kier molecular flexibility index (Phi) is 3.17. The second-order valence-corrected chi connectivity index (χ2v) is 5.43. The Hall–Kier alpha value is -0.0300. The molecular formula is C10H9BrOS2. The van der Waals surface area contributed by atoms with Crippen molar-refractivity contribution in [1.82, 2.24) is 0 Å². The predicted molar refractivity (Wildman–Crippen MR) is 67.2 cm³/mol. The molecule has 1 N–H and O–H groups in total. The van der Waals surface area contributed by atoms with E-state index in [0.717, 1.165) is 10.0 Å². The summed E-state index contributed by atoms with van der Waals surface area (Å²) in [6.45, 7) is 0.0853. The fourth-order valence-electron chi connectivity index (χ4n) is 1.40. The molecule has 0 fully saturated rings. The molecule has 0 aliphatic heterocycles. The maximum Gasteiger partial charge on any atom is 0.0693 e. The highest BCUT2D eigenvalue weighted by Gasteiger charge is 2.09. The summed E-state index contributed by atoms with van der Waals surface area (Å²) < 4.78 is 2.25. The van der Waals surface area contributed by atoms with Crippen molar-refractivity contribution >= 4 is 49.1 Å². The Balaban J connectivity index is 2.80. The highest BCUT2D eigenvalue weighted by molar-refractivity contribution is 9.10. The van der Waals surface area contributed by atoms with Crippen molar-refractivity contribution in [3.05, 3.63) is 27.5 Å². The Bertz CT molecular complexity index is 464. The van der Waals surface area contributed by atoms with Gasteiger partial charge in [-0.05, 0) is 45.3 Å². The summed E-state index contributed by atoms with van der Waals surface area (Å²) in [5.74, 6) is 0. The third-order valence-corrected chi connectivity index (χ3v) is 4.99. The average Bonchev–Trinajstić information content (AvgIpc) is 2.68. The van der Waals surface area contributed by atoms with E-state index in [0.29, 0.717) is 0 Å². The fraction of sp³-hybridized carbons (Fsp3) is 0.200. The van der Waals surface area contributed by atoms with Crippen molar-refractivity contribution < 1.29 is 5.11 Å². The maximum absolute atomic E-state index is 9.20. The van der Waals surface area contributed by atoms with Gasteiger partial charge < -0.3 is 5.11 Å². The first-order chi connectivity index (χ1) is 6.77. The minimum atomic E-state index is 0.0853. The van der Waals surface area contributed by atoms with Crippen molar-refractivity contribution in [3.8, 4) is 0 Å². The quantitative estimate of drug-likeness (QED) is 0.847. The van der Waals surface area contributed by atoms with Gasteiger partial charge >= 0.3 is 0 Å². The van der Waals surface area contributed by atoms with Crippen LogP contribution in [-0.2, 0) is 6.61 Å². The SMILES string of the molecule is CSc1cc(CO)c(Br)c2sccc12. The lowest BCUT2D eigenvalue weighted by atomic mass is 10.2. The average molecular weight is 289 g/mol. The number of thiophene rings is 1. The molecule has 14 heavy (non-hydrogen) atoms. The summed E-state index contributed by atoms with van der Waals surface area (Å²) in [6, 6.07) is 4.17. The first kappa shape index (κ1) is 10.5. The van der Waals surface area contributed by atoms with Gasteiger partial charge in [0.05, 0.1) is 6.61 Å². The molecule has 0 unspecified atom stereocenters. The van der Waals surface area contributed by atoms with E-state index in [1.807, 2.05) is 6.07 Å². The van der Waals surface area contributed by atoms with Crippen LogP contribution in [0.5, 0.6) is 0 Å².